The second kappa shape index (κ2) is 19.0. The van der Waals surface area contributed by atoms with E-state index in [1.165, 1.54) is 0 Å². The van der Waals surface area contributed by atoms with Crippen LogP contribution in [0.2, 0.25) is 0 Å². The first kappa shape index (κ1) is 37.5. The van der Waals surface area contributed by atoms with E-state index >= 15 is 0 Å². The molecule has 10 nitrogen and oxygen atoms in total. The van der Waals surface area contributed by atoms with Gasteiger partial charge in [0.05, 0.1) is 31.7 Å². The molecule has 0 radical (unpaired) electrons. The minimum absolute atomic E-state index is 0.117. The molecule has 252 valence electrons. The molecular weight excluding hydrogens is 616 g/mol. The van der Waals surface area contributed by atoms with E-state index in [0.29, 0.717) is 33.4 Å². The molecule has 4 N–H and O–H groups in total. The van der Waals surface area contributed by atoms with Gasteiger partial charge in [-0.05, 0) is 37.1 Å². The summed E-state index contributed by atoms with van der Waals surface area (Å²) in [5.41, 5.74) is 3.42. The number of carbonyl (C=O) groups is 4. The van der Waals surface area contributed by atoms with Gasteiger partial charge in [-0.2, -0.15) is 0 Å². The van der Waals surface area contributed by atoms with Gasteiger partial charge in [0.15, 0.2) is 11.6 Å². The number of carbonyl (C=O) groups excluding carboxylic acids is 4. The number of esters is 2. The highest BCUT2D eigenvalue weighted by Crippen LogP contribution is 2.22. The third-order valence-corrected chi connectivity index (χ3v) is 7.40. The van der Waals surface area contributed by atoms with Crippen molar-refractivity contribution in [2.75, 3.05) is 26.4 Å². The minimum Gasteiger partial charge on any atom is -0.462 e. The Morgan fingerprint density at radius 3 is 1.40 bits per heavy atom. The van der Waals surface area contributed by atoms with Gasteiger partial charge >= 0.3 is 11.9 Å². The number of ketones is 2. The van der Waals surface area contributed by atoms with Gasteiger partial charge in [-0.3, -0.25) is 19.2 Å². The Bertz CT molecular complexity index is 1630. The van der Waals surface area contributed by atoms with Crippen molar-refractivity contribution >= 4 is 23.5 Å². The Hall–Kier alpha value is -5.00. The van der Waals surface area contributed by atoms with Gasteiger partial charge in [0, 0.05) is 22.3 Å². The molecule has 1 unspecified atom stereocenters. The molecule has 0 aliphatic carbocycles. The first-order chi connectivity index (χ1) is 23.1. The SMILES string of the molecule is C[C@H](C(=O)OC(CO)CO)c1cccc(C(=O)c2ccccc2)c1.C[C@H](C(=O)OCC(O)CO)c1cccc(C(=O)c2ccccc2)c1. The third kappa shape index (κ3) is 10.8. The van der Waals surface area contributed by atoms with E-state index < -0.39 is 55.8 Å². The second-order valence-corrected chi connectivity index (χ2v) is 11.0. The molecule has 0 fully saturated rings. The number of aliphatic hydroxyl groups excluding tert-OH is 4. The lowest BCUT2D eigenvalue weighted by atomic mass is 9.96. The molecular formula is C38H40O10. The maximum absolute atomic E-state index is 12.5. The monoisotopic (exact) mass is 656 g/mol. The van der Waals surface area contributed by atoms with Crippen LogP contribution in [0.5, 0.6) is 0 Å². The van der Waals surface area contributed by atoms with Gasteiger partial charge in [0.25, 0.3) is 0 Å². The van der Waals surface area contributed by atoms with E-state index in [0.717, 1.165) is 0 Å². The predicted octanol–water partition coefficient (Wildman–Crippen LogP) is 3.84. The lowest BCUT2D eigenvalue weighted by Gasteiger charge is -2.17. The molecule has 4 aromatic carbocycles. The normalized spacial score (nSPS) is 12.6. The van der Waals surface area contributed by atoms with Crippen LogP contribution in [0, 0.1) is 0 Å². The molecule has 4 rings (SSSR count). The number of aliphatic hydroxyl groups is 4. The molecule has 0 saturated carbocycles. The maximum Gasteiger partial charge on any atom is 0.313 e. The maximum atomic E-state index is 12.5. The highest BCUT2D eigenvalue weighted by molar-refractivity contribution is 6.09. The fourth-order valence-corrected chi connectivity index (χ4v) is 4.44. The average molecular weight is 657 g/mol. The van der Waals surface area contributed by atoms with Crippen LogP contribution in [0.25, 0.3) is 0 Å². The van der Waals surface area contributed by atoms with E-state index in [1.54, 1.807) is 111 Å². The Morgan fingerprint density at radius 1 is 0.562 bits per heavy atom. The fourth-order valence-electron chi connectivity index (χ4n) is 4.44. The van der Waals surface area contributed by atoms with Crippen LogP contribution in [0.1, 0.15) is 68.7 Å². The quantitative estimate of drug-likeness (QED) is 0.116. The summed E-state index contributed by atoms with van der Waals surface area (Å²) >= 11 is 0. The number of rotatable bonds is 14. The Morgan fingerprint density at radius 2 is 0.979 bits per heavy atom. The van der Waals surface area contributed by atoms with Gasteiger partial charge < -0.3 is 29.9 Å². The van der Waals surface area contributed by atoms with E-state index in [-0.39, 0.29) is 18.2 Å². The van der Waals surface area contributed by atoms with Crippen molar-refractivity contribution in [3.63, 3.8) is 0 Å². The molecule has 48 heavy (non-hydrogen) atoms. The zero-order valence-corrected chi connectivity index (χ0v) is 26.8. The number of hydrogen-bond acceptors (Lipinski definition) is 10. The minimum atomic E-state index is -1.09. The molecule has 0 bridgehead atoms. The van der Waals surface area contributed by atoms with E-state index in [1.807, 2.05) is 12.1 Å². The molecule has 0 aliphatic rings. The summed E-state index contributed by atoms with van der Waals surface area (Å²) in [5.74, 6) is -2.52. The van der Waals surface area contributed by atoms with Crippen LogP contribution < -0.4 is 0 Å². The number of benzene rings is 4. The van der Waals surface area contributed by atoms with Gasteiger partial charge in [-0.15, -0.1) is 0 Å². The largest absolute Gasteiger partial charge is 0.462 e. The topological polar surface area (TPSA) is 168 Å². The summed E-state index contributed by atoms with van der Waals surface area (Å²) in [6.45, 7) is 1.70. The van der Waals surface area contributed by atoms with E-state index in [4.69, 9.17) is 24.8 Å². The first-order valence-electron chi connectivity index (χ1n) is 15.4. The summed E-state index contributed by atoms with van der Waals surface area (Å²) in [7, 11) is 0. The van der Waals surface area contributed by atoms with Gasteiger partial charge in [0.2, 0.25) is 0 Å². The lowest BCUT2D eigenvalue weighted by molar-refractivity contribution is -0.154. The van der Waals surface area contributed by atoms with Crippen molar-refractivity contribution in [1.82, 2.24) is 0 Å². The average Bonchev–Trinajstić information content (AvgIpc) is 3.15. The standard InChI is InChI=1S/2C19H20O5/c1-13(19(23)24-12-17(21)11-20)15-8-5-9-16(10-15)18(22)14-6-3-2-4-7-14;1-13(19(23)24-17(11-20)12-21)15-8-5-9-16(10-15)18(22)14-6-3-2-4-7-14/h2*2-10,13,17,20-21H,11-12H2,1H3/t13-,17?;13-/m00/s1. The first-order valence-corrected chi connectivity index (χ1v) is 15.4. The predicted molar refractivity (Wildman–Crippen MR) is 178 cm³/mol. The van der Waals surface area contributed by atoms with Crippen LogP contribution in [-0.4, -0.2) is 82.6 Å². The van der Waals surface area contributed by atoms with Crippen molar-refractivity contribution in [1.29, 1.82) is 0 Å². The zero-order chi connectivity index (χ0) is 35.1. The third-order valence-electron chi connectivity index (χ3n) is 7.40. The zero-order valence-electron chi connectivity index (χ0n) is 26.8. The van der Waals surface area contributed by atoms with Crippen LogP contribution in [0.15, 0.2) is 109 Å². The molecule has 0 saturated heterocycles. The van der Waals surface area contributed by atoms with Gasteiger partial charge in [-0.25, -0.2) is 0 Å². The number of hydrogen-bond donors (Lipinski definition) is 4. The van der Waals surface area contributed by atoms with Crippen LogP contribution >= 0.6 is 0 Å². The molecule has 0 aliphatic heterocycles. The molecule has 3 atom stereocenters. The van der Waals surface area contributed by atoms with Crippen molar-refractivity contribution in [2.24, 2.45) is 0 Å². The van der Waals surface area contributed by atoms with Crippen molar-refractivity contribution in [3.05, 3.63) is 143 Å². The smallest absolute Gasteiger partial charge is 0.313 e. The Labute approximate surface area is 279 Å². The Balaban J connectivity index is 0.000000260. The van der Waals surface area contributed by atoms with E-state index in [9.17, 15) is 24.3 Å². The highest BCUT2D eigenvalue weighted by atomic mass is 16.6. The molecule has 0 spiro atoms. The lowest BCUT2D eigenvalue weighted by Crippen LogP contribution is -2.28. The van der Waals surface area contributed by atoms with E-state index in [2.05, 4.69) is 0 Å². The second-order valence-electron chi connectivity index (χ2n) is 11.0. The van der Waals surface area contributed by atoms with Gasteiger partial charge in [-0.1, -0.05) is 97.1 Å². The number of ether oxygens (including phenoxy) is 2. The van der Waals surface area contributed by atoms with Gasteiger partial charge in [0.1, 0.15) is 18.8 Å². The molecule has 0 amide bonds. The summed E-state index contributed by atoms with van der Waals surface area (Å²) in [5, 5.41) is 35.9. The molecule has 10 heteroatoms. The highest BCUT2D eigenvalue weighted by Gasteiger charge is 2.22. The van der Waals surface area contributed by atoms with Crippen molar-refractivity contribution in [3.8, 4) is 0 Å². The van der Waals surface area contributed by atoms with Crippen molar-refractivity contribution < 1.29 is 49.1 Å². The Kier molecular flexibility index (Phi) is 14.8. The van der Waals surface area contributed by atoms with Crippen LogP contribution in [-0.2, 0) is 19.1 Å². The van der Waals surface area contributed by atoms with Crippen LogP contribution in [0.4, 0.5) is 0 Å². The van der Waals surface area contributed by atoms with Crippen molar-refractivity contribution in [2.45, 2.75) is 37.9 Å². The van der Waals surface area contributed by atoms with Crippen LogP contribution in [0.3, 0.4) is 0 Å². The molecule has 4 aromatic rings. The summed E-state index contributed by atoms with van der Waals surface area (Å²) in [6.07, 6.45) is -2.03. The molecule has 0 aromatic heterocycles. The molecule has 0 heterocycles. The fraction of sp³-hybridized carbons (Fsp3) is 0.263. The summed E-state index contributed by atoms with van der Waals surface area (Å²) in [4.78, 5) is 49.1. The summed E-state index contributed by atoms with van der Waals surface area (Å²) < 4.78 is 9.99. The summed E-state index contributed by atoms with van der Waals surface area (Å²) in [6, 6.07) is 31.4.